The second-order valence-electron chi connectivity index (χ2n) is 3.97. The summed E-state index contributed by atoms with van der Waals surface area (Å²) in [5, 5.41) is 0. The van der Waals surface area contributed by atoms with Crippen molar-refractivity contribution in [3.05, 3.63) is 24.0 Å². The molecular weight excluding hydrogens is 206 g/mol. The van der Waals surface area contributed by atoms with Gasteiger partial charge in [-0.15, -0.1) is 0 Å². The van der Waals surface area contributed by atoms with E-state index >= 15 is 0 Å². The third kappa shape index (κ3) is 2.86. The smallest absolute Gasteiger partial charge is 0.0564 e. The molecule has 0 radical (unpaired) electrons. The molecule has 1 fully saturated rings. The standard InChI is InChI=1S/C11H17N3S/c1-9-8-15-5-4-14(9)7-11-6-10(12)2-3-13-11/h2-3,6,9H,4-5,7-8H2,1H3,(H2,12,13). The molecule has 0 bridgehead atoms. The van der Waals surface area contributed by atoms with E-state index < -0.39 is 0 Å². The summed E-state index contributed by atoms with van der Waals surface area (Å²) in [7, 11) is 0. The number of hydrogen-bond acceptors (Lipinski definition) is 4. The number of thioether (sulfide) groups is 1. The first kappa shape index (κ1) is 10.8. The Hall–Kier alpha value is -0.740. The largest absolute Gasteiger partial charge is 0.399 e. The fraction of sp³-hybridized carbons (Fsp3) is 0.545. The van der Waals surface area contributed by atoms with E-state index in [-0.39, 0.29) is 0 Å². The fourth-order valence-electron chi connectivity index (χ4n) is 1.79. The van der Waals surface area contributed by atoms with Crippen molar-refractivity contribution in [1.29, 1.82) is 0 Å². The van der Waals surface area contributed by atoms with Gasteiger partial charge in [0.15, 0.2) is 0 Å². The Labute approximate surface area is 95.1 Å². The molecule has 1 aromatic rings. The summed E-state index contributed by atoms with van der Waals surface area (Å²) in [5.74, 6) is 2.45. The van der Waals surface area contributed by atoms with Crippen molar-refractivity contribution >= 4 is 17.4 Å². The van der Waals surface area contributed by atoms with Crippen molar-refractivity contribution in [2.24, 2.45) is 0 Å². The third-order valence-corrected chi connectivity index (χ3v) is 3.90. The van der Waals surface area contributed by atoms with Crippen LogP contribution in [0.1, 0.15) is 12.6 Å². The fourth-order valence-corrected chi connectivity index (χ4v) is 2.87. The van der Waals surface area contributed by atoms with Gasteiger partial charge in [-0.2, -0.15) is 11.8 Å². The van der Waals surface area contributed by atoms with Crippen molar-refractivity contribution in [3.63, 3.8) is 0 Å². The van der Waals surface area contributed by atoms with Crippen molar-refractivity contribution in [2.45, 2.75) is 19.5 Å². The Kier molecular flexibility index (Phi) is 3.49. The molecule has 2 rings (SSSR count). The predicted molar refractivity (Wildman–Crippen MR) is 65.8 cm³/mol. The Morgan fingerprint density at radius 2 is 2.53 bits per heavy atom. The topological polar surface area (TPSA) is 42.1 Å². The van der Waals surface area contributed by atoms with Gasteiger partial charge in [0.1, 0.15) is 0 Å². The summed E-state index contributed by atoms with van der Waals surface area (Å²) in [6, 6.07) is 4.44. The molecule has 1 unspecified atom stereocenters. The van der Waals surface area contributed by atoms with Gasteiger partial charge in [-0.1, -0.05) is 0 Å². The number of nitrogens with two attached hydrogens (primary N) is 1. The van der Waals surface area contributed by atoms with Crippen molar-refractivity contribution in [1.82, 2.24) is 9.88 Å². The van der Waals surface area contributed by atoms with Gasteiger partial charge < -0.3 is 5.73 Å². The number of nitrogens with zero attached hydrogens (tertiary/aromatic N) is 2. The molecule has 1 aromatic heterocycles. The maximum atomic E-state index is 5.74. The number of rotatable bonds is 2. The van der Waals surface area contributed by atoms with E-state index in [9.17, 15) is 0 Å². The lowest BCUT2D eigenvalue weighted by Gasteiger charge is -2.32. The van der Waals surface area contributed by atoms with Crippen LogP contribution in [-0.2, 0) is 6.54 Å². The molecule has 2 N–H and O–H groups in total. The minimum Gasteiger partial charge on any atom is -0.399 e. The molecule has 1 saturated heterocycles. The zero-order chi connectivity index (χ0) is 10.7. The lowest BCUT2D eigenvalue weighted by atomic mass is 10.2. The first-order valence-corrected chi connectivity index (χ1v) is 6.43. The van der Waals surface area contributed by atoms with E-state index in [4.69, 9.17) is 5.73 Å². The monoisotopic (exact) mass is 223 g/mol. The van der Waals surface area contributed by atoms with Gasteiger partial charge in [0, 0.05) is 42.5 Å². The summed E-state index contributed by atoms with van der Waals surface area (Å²) >= 11 is 2.03. The van der Waals surface area contributed by atoms with Crippen LogP contribution in [0.5, 0.6) is 0 Å². The van der Waals surface area contributed by atoms with Crippen molar-refractivity contribution < 1.29 is 0 Å². The van der Waals surface area contributed by atoms with Gasteiger partial charge >= 0.3 is 0 Å². The second kappa shape index (κ2) is 4.86. The summed E-state index contributed by atoms with van der Waals surface area (Å²) in [6.45, 7) is 4.35. The van der Waals surface area contributed by atoms with Crippen LogP contribution < -0.4 is 5.73 Å². The number of pyridine rings is 1. The van der Waals surface area contributed by atoms with Gasteiger partial charge in [0.2, 0.25) is 0 Å². The minimum absolute atomic E-state index is 0.645. The highest BCUT2D eigenvalue weighted by atomic mass is 32.2. The van der Waals surface area contributed by atoms with E-state index in [1.165, 1.54) is 11.5 Å². The van der Waals surface area contributed by atoms with Crippen molar-refractivity contribution in [3.8, 4) is 0 Å². The van der Waals surface area contributed by atoms with Gasteiger partial charge in [-0.25, -0.2) is 0 Å². The van der Waals surface area contributed by atoms with Crippen molar-refractivity contribution in [2.75, 3.05) is 23.8 Å². The average molecular weight is 223 g/mol. The van der Waals surface area contributed by atoms with Gasteiger partial charge in [0.25, 0.3) is 0 Å². The molecule has 0 amide bonds. The minimum atomic E-state index is 0.645. The van der Waals surface area contributed by atoms with Crippen LogP contribution in [0.4, 0.5) is 5.69 Å². The molecule has 0 aromatic carbocycles. The molecule has 82 valence electrons. The van der Waals surface area contributed by atoms with Crippen LogP contribution in [0, 0.1) is 0 Å². The van der Waals surface area contributed by atoms with E-state index in [1.807, 2.05) is 23.9 Å². The molecule has 0 saturated carbocycles. The molecule has 1 atom stereocenters. The first-order chi connectivity index (χ1) is 7.25. The quantitative estimate of drug-likeness (QED) is 0.827. The zero-order valence-corrected chi connectivity index (χ0v) is 9.83. The summed E-state index contributed by atoms with van der Waals surface area (Å²) in [5.41, 5.74) is 7.62. The highest BCUT2D eigenvalue weighted by Crippen LogP contribution is 2.18. The molecule has 0 aliphatic carbocycles. The summed E-state index contributed by atoms with van der Waals surface area (Å²) in [4.78, 5) is 6.81. The number of aromatic nitrogens is 1. The molecular formula is C11H17N3S. The van der Waals surface area contributed by atoms with Crippen LogP contribution in [0.15, 0.2) is 18.3 Å². The lowest BCUT2D eigenvalue weighted by Crippen LogP contribution is -2.39. The van der Waals surface area contributed by atoms with E-state index in [0.29, 0.717) is 6.04 Å². The number of anilines is 1. The highest BCUT2D eigenvalue weighted by molar-refractivity contribution is 7.99. The third-order valence-electron chi connectivity index (χ3n) is 2.71. The SMILES string of the molecule is CC1CSCCN1Cc1cc(N)ccn1. The van der Waals surface area contributed by atoms with E-state index in [2.05, 4.69) is 16.8 Å². The molecule has 1 aliphatic rings. The Balaban J connectivity index is 2.01. The average Bonchev–Trinajstić information content (AvgIpc) is 2.22. The lowest BCUT2D eigenvalue weighted by molar-refractivity contribution is 0.221. The van der Waals surface area contributed by atoms with Crippen LogP contribution in [0.2, 0.25) is 0 Å². The Morgan fingerprint density at radius 1 is 1.67 bits per heavy atom. The van der Waals surface area contributed by atoms with E-state index in [1.54, 1.807) is 6.20 Å². The second-order valence-corrected chi connectivity index (χ2v) is 5.12. The normalized spacial score (nSPS) is 22.9. The van der Waals surface area contributed by atoms with Gasteiger partial charge in [0.05, 0.1) is 5.69 Å². The summed E-state index contributed by atoms with van der Waals surface area (Å²) < 4.78 is 0. The van der Waals surface area contributed by atoms with Crippen LogP contribution in [0.3, 0.4) is 0 Å². The molecule has 4 heteroatoms. The van der Waals surface area contributed by atoms with Crippen LogP contribution in [-0.4, -0.2) is 34.0 Å². The van der Waals surface area contributed by atoms with Crippen LogP contribution >= 0.6 is 11.8 Å². The van der Waals surface area contributed by atoms with Crippen LogP contribution in [0.25, 0.3) is 0 Å². The predicted octanol–water partition coefficient (Wildman–Crippen LogP) is 1.60. The number of hydrogen-bond donors (Lipinski definition) is 1. The Bertz CT molecular complexity index is 329. The maximum Gasteiger partial charge on any atom is 0.0564 e. The van der Waals surface area contributed by atoms with E-state index in [0.717, 1.165) is 24.5 Å². The van der Waals surface area contributed by atoms with Gasteiger partial charge in [-0.3, -0.25) is 9.88 Å². The number of nitrogen functional groups attached to an aromatic ring is 1. The Morgan fingerprint density at radius 3 is 3.27 bits per heavy atom. The highest BCUT2D eigenvalue weighted by Gasteiger charge is 2.18. The van der Waals surface area contributed by atoms with Gasteiger partial charge in [-0.05, 0) is 19.1 Å². The molecule has 1 aliphatic heterocycles. The molecule has 0 spiro atoms. The first-order valence-electron chi connectivity index (χ1n) is 5.28. The maximum absolute atomic E-state index is 5.74. The molecule has 15 heavy (non-hydrogen) atoms. The molecule has 3 nitrogen and oxygen atoms in total. The molecule has 2 heterocycles. The summed E-state index contributed by atoms with van der Waals surface area (Å²) in [6.07, 6.45) is 1.79. The zero-order valence-electron chi connectivity index (χ0n) is 9.02.